The van der Waals surface area contributed by atoms with E-state index < -0.39 is 5.97 Å². The van der Waals surface area contributed by atoms with E-state index in [0.717, 1.165) is 18.1 Å². The predicted octanol–water partition coefficient (Wildman–Crippen LogP) is 5.01. The summed E-state index contributed by atoms with van der Waals surface area (Å²) in [6.45, 7) is 7.50. The van der Waals surface area contributed by atoms with Gasteiger partial charge in [0, 0.05) is 0 Å². The Balaban J connectivity index is 2.16. The molecule has 0 saturated carbocycles. The lowest BCUT2D eigenvalue weighted by atomic mass is 9.98. The number of hydrogen-bond donors (Lipinski definition) is 1. The Morgan fingerprint density at radius 3 is 2.24 bits per heavy atom. The lowest BCUT2D eigenvalue weighted by Gasteiger charge is -2.13. The van der Waals surface area contributed by atoms with E-state index in [4.69, 9.17) is 9.84 Å². The van der Waals surface area contributed by atoms with Gasteiger partial charge in [0.15, 0.2) is 0 Å². The van der Waals surface area contributed by atoms with Gasteiger partial charge in [-0.25, -0.2) is 4.79 Å². The third kappa shape index (κ3) is 7.74. The Labute approximate surface area is 128 Å². The number of carbonyl (C=O) groups is 1. The molecular weight excluding hydrogens is 264 g/mol. The molecule has 0 radical (unpaired) electrons. The van der Waals surface area contributed by atoms with Crippen LogP contribution in [-0.2, 0) is 0 Å². The van der Waals surface area contributed by atoms with Crippen molar-refractivity contribution in [2.45, 2.75) is 52.9 Å². The van der Waals surface area contributed by atoms with Gasteiger partial charge in [-0.1, -0.05) is 46.5 Å². The maximum atomic E-state index is 10.7. The molecule has 0 aliphatic carbocycles. The number of aromatic carboxylic acids is 1. The molecule has 0 unspecified atom stereocenters. The van der Waals surface area contributed by atoms with Crippen molar-refractivity contribution in [1.82, 2.24) is 0 Å². The minimum absolute atomic E-state index is 0.292. The highest BCUT2D eigenvalue weighted by Gasteiger charge is 2.05. The summed E-state index contributed by atoms with van der Waals surface area (Å²) in [6.07, 6.45) is 6.24. The molecule has 0 heterocycles. The van der Waals surface area contributed by atoms with E-state index in [-0.39, 0.29) is 0 Å². The van der Waals surface area contributed by atoms with Gasteiger partial charge in [0.2, 0.25) is 0 Å². The van der Waals surface area contributed by atoms with Crippen molar-refractivity contribution in [3.63, 3.8) is 0 Å². The number of hydrogen-bond acceptors (Lipinski definition) is 2. The fourth-order valence-corrected chi connectivity index (χ4v) is 2.26. The van der Waals surface area contributed by atoms with E-state index in [1.807, 2.05) is 0 Å². The average Bonchev–Trinajstić information content (AvgIpc) is 2.44. The molecule has 0 spiro atoms. The summed E-state index contributed by atoms with van der Waals surface area (Å²) in [7, 11) is 0. The molecule has 0 amide bonds. The first-order chi connectivity index (χ1) is 9.99. The zero-order chi connectivity index (χ0) is 15.7. The molecule has 1 rings (SSSR count). The average molecular weight is 292 g/mol. The number of benzene rings is 1. The third-order valence-electron chi connectivity index (χ3n) is 3.71. The molecule has 0 aliphatic heterocycles. The Hall–Kier alpha value is -1.51. The third-order valence-corrected chi connectivity index (χ3v) is 3.71. The number of ether oxygens (including phenoxy) is 1. The molecule has 118 valence electrons. The van der Waals surface area contributed by atoms with Gasteiger partial charge in [-0.2, -0.15) is 0 Å². The van der Waals surface area contributed by atoms with Crippen LogP contribution in [0.5, 0.6) is 5.75 Å². The Morgan fingerprint density at radius 1 is 1.05 bits per heavy atom. The summed E-state index contributed by atoms with van der Waals surface area (Å²) < 4.78 is 5.66. The van der Waals surface area contributed by atoms with Gasteiger partial charge < -0.3 is 9.84 Å². The maximum Gasteiger partial charge on any atom is 0.335 e. The Bertz CT molecular complexity index is 409. The molecule has 0 fully saturated rings. The number of carboxylic acid groups (broad SMARTS) is 1. The second-order valence-corrected chi connectivity index (χ2v) is 6.25. The SMILES string of the molecule is CC(C)CCCC[C@@H](C)CCOc1ccc(C(=O)O)cc1. The predicted molar refractivity (Wildman–Crippen MR) is 86.0 cm³/mol. The largest absolute Gasteiger partial charge is 0.494 e. The normalized spacial score (nSPS) is 12.4. The number of carboxylic acids is 1. The van der Waals surface area contributed by atoms with Crippen LogP contribution in [0.25, 0.3) is 0 Å². The summed E-state index contributed by atoms with van der Waals surface area (Å²) in [4.78, 5) is 10.7. The fraction of sp³-hybridized carbons (Fsp3) is 0.611. The van der Waals surface area contributed by atoms with Crippen molar-refractivity contribution in [3.05, 3.63) is 29.8 Å². The van der Waals surface area contributed by atoms with Gasteiger partial charge in [0.25, 0.3) is 0 Å². The molecule has 0 aromatic heterocycles. The molecule has 3 heteroatoms. The van der Waals surface area contributed by atoms with Crippen LogP contribution in [0.2, 0.25) is 0 Å². The maximum absolute atomic E-state index is 10.7. The van der Waals surface area contributed by atoms with Crippen LogP contribution < -0.4 is 4.74 Å². The van der Waals surface area contributed by atoms with Crippen molar-refractivity contribution in [2.75, 3.05) is 6.61 Å². The fourth-order valence-electron chi connectivity index (χ4n) is 2.26. The molecule has 1 aromatic rings. The summed E-state index contributed by atoms with van der Waals surface area (Å²) >= 11 is 0. The monoisotopic (exact) mass is 292 g/mol. The summed E-state index contributed by atoms with van der Waals surface area (Å²) in [5.74, 6) is 1.32. The first kappa shape index (κ1) is 17.5. The lowest BCUT2D eigenvalue weighted by Crippen LogP contribution is -2.05. The van der Waals surface area contributed by atoms with E-state index in [1.54, 1.807) is 24.3 Å². The highest BCUT2D eigenvalue weighted by Crippen LogP contribution is 2.17. The quantitative estimate of drug-likeness (QED) is 0.617. The van der Waals surface area contributed by atoms with E-state index in [0.29, 0.717) is 18.1 Å². The minimum atomic E-state index is -0.906. The zero-order valence-corrected chi connectivity index (χ0v) is 13.5. The van der Waals surface area contributed by atoms with Gasteiger partial charge in [-0.05, 0) is 42.5 Å². The van der Waals surface area contributed by atoms with Crippen LogP contribution in [0, 0.1) is 11.8 Å². The van der Waals surface area contributed by atoms with Gasteiger partial charge in [0.1, 0.15) is 5.75 Å². The molecule has 21 heavy (non-hydrogen) atoms. The number of rotatable bonds is 10. The smallest absolute Gasteiger partial charge is 0.335 e. The van der Waals surface area contributed by atoms with E-state index >= 15 is 0 Å². The number of unbranched alkanes of at least 4 members (excludes halogenated alkanes) is 1. The Kier molecular flexibility index (Phi) is 7.88. The van der Waals surface area contributed by atoms with Crippen LogP contribution in [0.15, 0.2) is 24.3 Å². The lowest BCUT2D eigenvalue weighted by molar-refractivity contribution is 0.0697. The summed E-state index contributed by atoms with van der Waals surface area (Å²) in [6, 6.07) is 6.59. The molecule has 3 nitrogen and oxygen atoms in total. The van der Waals surface area contributed by atoms with Crippen molar-refractivity contribution < 1.29 is 14.6 Å². The van der Waals surface area contributed by atoms with Crippen LogP contribution >= 0.6 is 0 Å². The van der Waals surface area contributed by atoms with E-state index in [1.165, 1.54) is 25.7 Å². The molecule has 0 bridgehead atoms. The first-order valence-corrected chi connectivity index (χ1v) is 7.95. The topological polar surface area (TPSA) is 46.5 Å². The minimum Gasteiger partial charge on any atom is -0.494 e. The van der Waals surface area contributed by atoms with E-state index in [2.05, 4.69) is 20.8 Å². The molecule has 1 N–H and O–H groups in total. The highest BCUT2D eigenvalue weighted by atomic mass is 16.5. The molecular formula is C18H28O3. The second kappa shape index (κ2) is 9.43. The van der Waals surface area contributed by atoms with Crippen molar-refractivity contribution >= 4 is 5.97 Å². The van der Waals surface area contributed by atoms with Crippen molar-refractivity contribution in [3.8, 4) is 5.75 Å². The van der Waals surface area contributed by atoms with Gasteiger partial charge in [-0.3, -0.25) is 0 Å². The zero-order valence-electron chi connectivity index (χ0n) is 13.5. The molecule has 0 aliphatic rings. The standard InChI is InChI=1S/C18H28O3/c1-14(2)6-4-5-7-15(3)12-13-21-17-10-8-16(9-11-17)18(19)20/h8-11,14-15H,4-7,12-13H2,1-3H3,(H,19,20)/t15-/m1/s1. The summed E-state index contributed by atoms with van der Waals surface area (Å²) in [5, 5.41) is 8.82. The molecule has 0 saturated heterocycles. The second-order valence-electron chi connectivity index (χ2n) is 6.25. The summed E-state index contributed by atoms with van der Waals surface area (Å²) in [5.41, 5.74) is 0.292. The van der Waals surface area contributed by atoms with Crippen molar-refractivity contribution in [2.24, 2.45) is 11.8 Å². The van der Waals surface area contributed by atoms with Crippen LogP contribution in [0.3, 0.4) is 0 Å². The van der Waals surface area contributed by atoms with E-state index in [9.17, 15) is 4.79 Å². The van der Waals surface area contributed by atoms with Crippen LogP contribution in [0.1, 0.15) is 63.2 Å². The Morgan fingerprint density at radius 2 is 1.67 bits per heavy atom. The van der Waals surface area contributed by atoms with Gasteiger partial charge >= 0.3 is 5.97 Å². The van der Waals surface area contributed by atoms with Gasteiger partial charge in [0.05, 0.1) is 12.2 Å². The first-order valence-electron chi connectivity index (χ1n) is 7.95. The van der Waals surface area contributed by atoms with Crippen LogP contribution in [0.4, 0.5) is 0 Å². The van der Waals surface area contributed by atoms with Crippen LogP contribution in [-0.4, -0.2) is 17.7 Å². The van der Waals surface area contributed by atoms with Crippen molar-refractivity contribution in [1.29, 1.82) is 0 Å². The van der Waals surface area contributed by atoms with Gasteiger partial charge in [-0.15, -0.1) is 0 Å². The molecule has 1 aromatic carbocycles. The highest BCUT2D eigenvalue weighted by molar-refractivity contribution is 5.87. The molecule has 1 atom stereocenters.